The third-order valence-electron chi connectivity index (χ3n) is 6.41. The maximum atomic E-state index is 12.8. The van der Waals surface area contributed by atoms with Crippen molar-refractivity contribution < 1.29 is 24.2 Å². The number of rotatable bonds is 10. The predicted octanol–water partition coefficient (Wildman–Crippen LogP) is 4.06. The van der Waals surface area contributed by atoms with Gasteiger partial charge < -0.3 is 20.5 Å². The standard InChI is InChI=1S/C26H30N2O5/c1-2-7-22(25(30)31)27-24(29)23(14-16-12-13-16)28-26(32)33-15-21-19-10-5-3-8-17(19)18-9-4-6-11-20(18)21/h3-6,8-11,16,21-23H,2,7,12-15H2,1H3,(H,27,29)(H,28,32)(H,30,31). The Balaban J connectivity index is 1.40. The number of aliphatic carboxylic acids is 1. The summed E-state index contributed by atoms with van der Waals surface area (Å²) in [6, 6.07) is 14.4. The zero-order chi connectivity index (χ0) is 23.4. The van der Waals surface area contributed by atoms with Gasteiger partial charge >= 0.3 is 12.1 Å². The molecule has 174 valence electrons. The molecule has 33 heavy (non-hydrogen) atoms. The zero-order valence-corrected chi connectivity index (χ0v) is 18.8. The molecule has 0 radical (unpaired) electrons. The van der Waals surface area contributed by atoms with Crippen molar-refractivity contribution in [3.8, 4) is 11.1 Å². The van der Waals surface area contributed by atoms with Gasteiger partial charge in [0.2, 0.25) is 5.91 Å². The van der Waals surface area contributed by atoms with Crippen molar-refractivity contribution in [1.82, 2.24) is 10.6 Å². The molecule has 1 fully saturated rings. The van der Waals surface area contributed by atoms with Crippen LogP contribution in [0.1, 0.15) is 56.1 Å². The highest BCUT2D eigenvalue weighted by molar-refractivity contribution is 5.89. The summed E-state index contributed by atoms with van der Waals surface area (Å²) in [6.45, 7) is 2.02. The largest absolute Gasteiger partial charge is 0.480 e. The summed E-state index contributed by atoms with van der Waals surface area (Å²) >= 11 is 0. The number of hydrogen-bond acceptors (Lipinski definition) is 4. The maximum absolute atomic E-state index is 12.8. The van der Waals surface area contributed by atoms with Crippen LogP contribution in [0.25, 0.3) is 11.1 Å². The first-order chi connectivity index (χ1) is 16.0. The molecule has 0 saturated heterocycles. The molecule has 2 aromatic carbocycles. The Bertz CT molecular complexity index is 987. The van der Waals surface area contributed by atoms with Crippen LogP contribution in [0, 0.1) is 5.92 Å². The normalized spacial score (nSPS) is 16.3. The Morgan fingerprint density at radius 2 is 1.58 bits per heavy atom. The van der Waals surface area contributed by atoms with Gasteiger partial charge in [-0.3, -0.25) is 4.79 Å². The molecule has 0 bridgehead atoms. The van der Waals surface area contributed by atoms with Crippen LogP contribution in [0.4, 0.5) is 4.79 Å². The molecule has 2 aromatic rings. The summed E-state index contributed by atoms with van der Waals surface area (Å²) in [7, 11) is 0. The van der Waals surface area contributed by atoms with Crippen LogP contribution < -0.4 is 10.6 Å². The number of amides is 2. The number of ether oxygens (including phenoxy) is 1. The van der Waals surface area contributed by atoms with Crippen molar-refractivity contribution in [2.45, 2.75) is 57.0 Å². The van der Waals surface area contributed by atoms with Gasteiger partial charge in [-0.15, -0.1) is 0 Å². The zero-order valence-electron chi connectivity index (χ0n) is 18.8. The second kappa shape index (κ2) is 10.1. The van der Waals surface area contributed by atoms with Crippen LogP contribution >= 0.6 is 0 Å². The minimum absolute atomic E-state index is 0.0696. The Morgan fingerprint density at radius 1 is 0.970 bits per heavy atom. The molecule has 2 unspecified atom stereocenters. The van der Waals surface area contributed by atoms with Gasteiger partial charge in [-0.1, -0.05) is 74.7 Å². The van der Waals surface area contributed by atoms with E-state index >= 15 is 0 Å². The number of benzene rings is 2. The molecule has 2 aliphatic rings. The highest BCUT2D eigenvalue weighted by Gasteiger charge is 2.33. The summed E-state index contributed by atoms with van der Waals surface area (Å²) in [6.07, 6.45) is 2.79. The van der Waals surface area contributed by atoms with Crippen LogP contribution in [0.3, 0.4) is 0 Å². The lowest BCUT2D eigenvalue weighted by atomic mass is 9.98. The van der Waals surface area contributed by atoms with Gasteiger partial charge in [0, 0.05) is 5.92 Å². The van der Waals surface area contributed by atoms with Gasteiger partial charge in [-0.05, 0) is 41.0 Å². The van der Waals surface area contributed by atoms with E-state index in [-0.39, 0.29) is 12.5 Å². The highest BCUT2D eigenvalue weighted by atomic mass is 16.5. The lowest BCUT2D eigenvalue weighted by Crippen LogP contribution is -2.52. The van der Waals surface area contributed by atoms with Crippen LogP contribution in [0.2, 0.25) is 0 Å². The van der Waals surface area contributed by atoms with Crippen molar-refractivity contribution in [2.75, 3.05) is 6.61 Å². The quantitative estimate of drug-likeness (QED) is 0.506. The van der Waals surface area contributed by atoms with Crippen molar-refractivity contribution in [2.24, 2.45) is 5.92 Å². The van der Waals surface area contributed by atoms with E-state index < -0.39 is 30.1 Å². The monoisotopic (exact) mass is 450 g/mol. The lowest BCUT2D eigenvalue weighted by Gasteiger charge is -2.22. The van der Waals surface area contributed by atoms with Crippen molar-refractivity contribution >= 4 is 18.0 Å². The summed E-state index contributed by atoms with van der Waals surface area (Å²) in [4.78, 5) is 36.9. The van der Waals surface area contributed by atoms with E-state index in [0.29, 0.717) is 25.2 Å². The molecule has 3 N–H and O–H groups in total. The first kappa shape index (κ1) is 22.8. The van der Waals surface area contributed by atoms with Crippen molar-refractivity contribution in [3.05, 3.63) is 59.7 Å². The molecule has 0 spiro atoms. The van der Waals surface area contributed by atoms with Crippen LogP contribution in [-0.2, 0) is 14.3 Å². The van der Waals surface area contributed by atoms with Gasteiger partial charge in [0.1, 0.15) is 18.7 Å². The fourth-order valence-corrected chi connectivity index (χ4v) is 4.52. The number of carboxylic acid groups (broad SMARTS) is 1. The fourth-order valence-electron chi connectivity index (χ4n) is 4.52. The van der Waals surface area contributed by atoms with Crippen LogP contribution in [0.15, 0.2) is 48.5 Å². The molecule has 2 aliphatic carbocycles. The number of fused-ring (bicyclic) bond motifs is 3. The van der Waals surface area contributed by atoms with Gasteiger partial charge in [0.25, 0.3) is 0 Å². The lowest BCUT2D eigenvalue weighted by molar-refractivity contribution is -0.142. The number of carbonyl (C=O) groups excluding carboxylic acids is 2. The number of carboxylic acids is 1. The minimum atomic E-state index is -1.07. The van der Waals surface area contributed by atoms with E-state index in [1.165, 1.54) is 0 Å². The SMILES string of the molecule is CCCC(NC(=O)C(CC1CC1)NC(=O)OCC1c2ccccc2-c2ccccc21)C(=O)O. The Kier molecular flexibility index (Phi) is 6.96. The van der Waals surface area contributed by atoms with Gasteiger partial charge in [-0.25, -0.2) is 9.59 Å². The molecule has 2 amide bonds. The molecule has 2 atom stereocenters. The van der Waals surface area contributed by atoms with Crippen molar-refractivity contribution in [1.29, 1.82) is 0 Å². The number of nitrogens with one attached hydrogen (secondary N) is 2. The summed E-state index contributed by atoms with van der Waals surface area (Å²) in [5.41, 5.74) is 4.51. The summed E-state index contributed by atoms with van der Waals surface area (Å²) in [5, 5.41) is 14.6. The summed E-state index contributed by atoms with van der Waals surface area (Å²) in [5.74, 6) is -1.25. The highest BCUT2D eigenvalue weighted by Crippen LogP contribution is 2.44. The first-order valence-corrected chi connectivity index (χ1v) is 11.6. The topological polar surface area (TPSA) is 105 Å². The molecule has 0 heterocycles. The maximum Gasteiger partial charge on any atom is 0.407 e. The molecule has 0 aromatic heterocycles. The van der Waals surface area contributed by atoms with E-state index in [0.717, 1.165) is 35.1 Å². The van der Waals surface area contributed by atoms with Gasteiger partial charge in [0.05, 0.1) is 0 Å². The number of hydrogen-bond donors (Lipinski definition) is 3. The third kappa shape index (κ3) is 5.35. The van der Waals surface area contributed by atoms with E-state index in [9.17, 15) is 19.5 Å². The van der Waals surface area contributed by atoms with E-state index in [1.807, 2.05) is 43.3 Å². The van der Waals surface area contributed by atoms with Gasteiger partial charge in [0.15, 0.2) is 0 Å². The number of alkyl carbamates (subject to hydrolysis) is 1. The molecule has 4 rings (SSSR count). The average molecular weight is 451 g/mol. The predicted molar refractivity (Wildman–Crippen MR) is 124 cm³/mol. The Labute approximate surface area is 193 Å². The Morgan fingerprint density at radius 3 is 2.12 bits per heavy atom. The minimum Gasteiger partial charge on any atom is -0.480 e. The molecule has 1 saturated carbocycles. The molecule has 7 nitrogen and oxygen atoms in total. The molecule has 7 heteroatoms. The van der Waals surface area contributed by atoms with Crippen LogP contribution in [-0.4, -0.2) is 41.8 Å². The van der Waals surface area contributed by atoms with E-state index in [1.54, 1.807) is 0 Å². The molecular weight excluding hydrogens is 420 g/mol. The van der Waals surface area contributed by atoms with Gasteiger partial charge in [-0.2, -0.15) is 0 Å². The Hall–Kier alpha value is -3.35. The second-order valence-corrected chi connectivity index (χ2v) is 8.89. The smallest absolute Gasteiger partial charge is 0.407 e. The number of carbonyl (C=O) groups is 3. The summed E-state index contributed by atoms with van der Waals surface area (Å²) < 4.78 is 5.58. The second-order valence-electron chi connectivity index (χ2n) is 8.89. The average Bonchev–Trinajstić information content (AvgIpc) is 3.57. The third-order valence-corrected chi connectivity index (χ3v) is 6.41. The first-order valence-electron chi connectivity index (χ1n) is 11.6. The van der Waals surface area contributed by atoms with E-state index in [4.69, 9.17) is 4.74 Å². The fraction of sp³-hybridized carbons (Fsp3) is 0.423. The van der Waals surface area contributed by atoms with E-state index in [2.05, 4.69) is 22.8 Å². The van der Waals surface area contributed by atoms with Crippen molar-refractivity contribution in [3.63, 3.8) is 0 Å². The molecular formula is C26H30N2O5. The molecule has 0 aliphatic heterocycles. The van der Waals surface area contributed by atoms with Crippen LogP contribution in [0.5, 0.6) is 0 Å².